The largest absolute Gasteiger partial charge is 0.367 e. The molecule has 0 bridgehead atoms. The molecule has 0 radical (unpaired) electrons. The zero-order valence-electron chi connectivity index (χ0n) is 8.31. The monoisotopic (exact) mass is 229 g/mol. The second-order valence-electron chi connectivity index (χ2n) is 3.45. The Hall–Kier alpha value is -1.87. The SMILES string of the molecule is Clc1nc(-c2cc[nH]c2)nc2ccccc12. The highest BCUT2D eigenvalue weighted by atomic mass is 35.5. The second kappa shape index (κ2) is 3.61. The molecule has 3 nitrogen and oxygen atoms in total. The van der Waals surface area contributed by atoms with E-state index in [-0.39, 0.29) is 0 Å². The summed E-state index contributed by atoms with van der Waals surface area (Å²) in [5.74, 6) is 0.643. The first kappa shape index (κ1) is 9.36. The fraction of sp³-hybridized carbons (Fsp3) is 0. The van der Waals surface area contributed by atoms with Crippen molar-refractivity contribution in [3.63, 3.8) is 0 Å². The summed E-state index contributed by atoms with van der Waals surface area (Å²) < 4.78 is 0. The zero-order chi connectivity index (χ0) is 11.0. The molecule has 16 heavy (non-hydrogen) atoms. The van der Waals surface area contributed by atoms with Crippen LogP contribution >= 0.6 is 11.6 Å². The topological polar surface area (TPSA) is 41.6 Å². The summed E-state index contributed by atoms with van der Waals surface area (Å²) in [6, 6.07) is 9.62. The predicted octanol–water partition coefficient (Wildman–Crippen LogP) is 3.28. The highest BCUT2D eigenvalue weighted by Crippen LogP contribution is 2.23. The van der Waals surface area contributed by atoms with Crippen molar-refractivity contribution in [2.45, 2.75) is 0 Å². The lowest BCUT2D eigenvalue weighted by Crippen LogP contribution is -1.90. The normalized spacial score (nSPS) is 10.8. The van der Waals surface area contributed by atoms with Crippen LogP contribution in [0.4, 0.5) is 0 Å². The Balaban J connectivity index is 2.29. The van der Waals surface area contributed by atoms with Crippen molar-refractivity contribution >= 4 is 22.5 Å². The Morgan fingerprint density at radius 3 is 2.75 bits per heavy atom. The highest BCUT2D eigenvalue weighted by molar-refractivity contribution is 6.34. The molecule has 3 aromatic rings. The van der Waals surface area contributed by atoms with E-state index in [4.69, 9.17) is 11.6 Å². The lowest BCUT2D eigenvalue weighted by molar-refractivity contribution is 1.23. The fourth-order valence-electron chi connectivity index (χ4n) is 1.63. The lowest BCUT2D eigenvalue weighted by Gasteiger charge is -2.02. The third kappa shape index (κ3) is 1.46. The number of hydrogen-bond acceptors (Lipinski definition) is 2. The van der Waals surface area contributed by atoms with Gasteiger partial charge in [0.1, 0.15) is 5.15 Å². The molecule has 0 fully saturated rings. The summed E-state index contributed by atoms with van der Waals surface area (Å²) in [7, 11) is 0. The van der Waals surface area contributed by atoms with E-state index in [2.05, 4.69) is 15.0 Å². The minimum atomic E-state index is 0.488. The molecule has 0 aliphatic rings. The van der Waals surface area contributed by atoms with Gasteiger partial charge in [-0.15, -0.1) is 0 Å². The smallest absolute Gasteiger partial charge is 0.163 e. The number of nitrogens with zero attached hydrogens (tertiary/aromatic N) is 2. The third-order valence-electron chi connectivity index (χ3n) is 2.41. The van der Waals surface area contributed by atoms with Crippen molar-refractivity contribution in [2.24, 2.45) is 0 Å². The molecule has 3 rings (SSSR count). The molecule has 78 valence electrons. The number of fused-ring (bicyclic) bond motifs is 1. The van der Waals surface area contributed by atoms with Crippen molar-refractivity contribution in [3.05, 3.63) is 47.9 Å². The van der Waals surface area contributed by atoms with E-state index in [1.54, 1.807) is 0 Å². The van der Waals surface area contributed by atoms with Gasteiger partial charge in [-0.05, 0) is 18.2 Å². The Morgan fingerprint density at radius 2 is 1.94 bits per heavy atom. The van der Waals surface area contributed by atoms with Gasteiger partial charge in [0, 0.05) is 23.3 Å². The van der Waals surface area contributed by atoms with E-state index in [0.717, 1.165) is 16.5 Å². The Bertz CT molecular complexity index is 632. The molecule has 0 amide bonds. The predicted molar refractivity (Wildman–Crippen MR) is 64.3 cm³/mol. The fourth-order valence-corrected chi connectivity index (χ4v) is 1.87. The maximum atomic E-state index is 6.12. The van der Waals surface area contributed by atoms with Crippen LogP contribution in [0, 0.1) is 0 Å². The third-order valence-corrected chi connectivity index (χ3v) is 2.70. The van der Waals surface area contributed by atoms with Crippen molar-refractivity contribution in [1.82, 2.24) is 15.0 Å². The lowest BCUT2D eigenvalue weighted by atomic mass is 10.2. The van der Waals surface area contributed by atoms with Crippen LogP contribution in [0.15, 0.2) is 42.7 Å². The van der Waals surface area contributed by atoms with E-state index in [9.17, 15) is 0 Å². The first-order chi connectivity index (χ1) is 7.84. The minimum absolute atomic E-state index is 0.488. The van der Waals surface area contributed by atoms with Crippen LogP contribution in [0.1, 0.15) is 0 Å². The summed E-state index contributed by atoms with van der Waals surface area (Å²) in [6.45, 7) is 0. The van der Waals surface area contributed by atoms with Crippen molar-refractivity contribution in [3.8, 4) is 11.4 Å². The Labute approximate surface area is 97.1 Å². The second-order valence-corrected chi connectivity index (χ2v) is 3.81. The van der Waals surface area contributed by atoms with Gasteiger partial charge in [0.05, 0.1) is 5.52 Å². The molecule has 1 aromatic carbocycles. The number of aromatic nitrogens is 3. The summed E-state index contributed by atoms with van der Waals surface area (Å²) in [4.78, 5) is 11.7. The standard InChI is InChI=1S/C12H8ClN3/c13-11-9-3-1-2-4-10(9)15-12(16-11)8-5-6-14-7-8/h1-7,14H. The number of para-hydroxylation sites is 1. The molecular formula is C12H8ClN3. The molecule has 0 unspecified atom stereocenters. The molecular weight excluding hydrogens is 222 g/mol. The molecule has 1 N–H and O–H groups in total. The Kier molecular flexibility index (Phi) is 2.11. The average molecular weight is 230 g/mol. The van der Waals surface area contributed by atoms with Gasteiger partial charge in [0.15, 0.2) is 5.82 Å². The highest BCUT2D eigenvalue weighted by Gasteiger charge is 2.07. The number of benzene rings is 1. The molecule has 2 heterocycles. The number of aromatic amines is 1. The van der Waals surface area contributed by atoms with Gasteiger partial charge >= 0.3 is 0 Å². The summed E-state index contributed by atoms with van der Waals surface area (Å²) in [6.07, 6.45) is 3.68. The molecule has 2 aromatic heterocycles. The van der Waals surface area contributed by atoms with Crippen LogP contribution in [0.3, 0.4) is 0 Å². The van der Waals surface area contributed by atoms with E-state index < -0.39 is 0 Å². The van der Waals surface area contributed by atoms with Crippen molar-refractivity contribution in [2.75, 3.05) is 0 Å². The van der Waals surface area contributed by atoms with Gasteiger partial charge in [-0.2, -0.15) is 0 Å². The van der Waals surface area contributed by atoms with E-state index in [1.807, 2.05) is 42.7 Å². The van der Waals surface area contributed by atoms with Crippen LogP contribution < -0.4 is 0 Å². The molecule has 0 saturated carbocycles. The van der Waals surface area contributed by atoms with Crippen molar-refractivity contribution < 1.29 is 0 Å². The number of H-pyrrole nitrogens is 1. The minimum Gasteiger partial charge on any atom is -0.367 e. The van der Waals surface area contributed by atoms with Crippen LogP contribution in [-0.2, 0) is 0 Å². The van der Waals surface area contributed by atoms with Gasteiger partial charge in [0.25, 0.3) is 0 Å². The van der Waals surface area contributed by atoms with Crippen LogP contribution in [0.2, 0.25) is 5.15 Å². The number of rotatable bonds is 1. The Morgan fingerprint density at radius 1 is 1.06 bits per heavy atom. The molecule has 0 atom stereocenters. The summed E-state index contributed by atoms with van der Waals surface area (Å²) in [5.41, 5.74) is 1.80. The number of nitrogens with one attached hydrogen (secondary N) is 1. The van der Waals surface area contributed by atoms with E-state index in [1.165, 1.54) is 0 Å². The quantitative estimate of drug-likeness (QED) is 0.651. The van der Waals surface area contributed by atoms with Gasteiger partial charge in [-0.3, -0.25) is 0 Å². The average Bonchev–Trinajstić information content (AvgIpc) is 2.82. The van der Waals surface area contributed by atoms with Gasteiger partial charge in [-0.25, -0.2) is 9.97 Å². The molecule has 0 aliphatic heterocycles. The maximum absolute atomic E-state index is 6.12. The van der Waals surface area contributed by atoms with Crippen molar-refractivity contribution in [1.29, 1.82) is 0 Å². The van der Waals surface area contributed by atoms with E-state index >= 15 is 0 Å². The zero-order valence-corrected chi connectivity index (χ0v) is 9.07. The van der Waals surface area contributed by atoms with Gasteiger partial charge in [0.2, 0.25) is 0 Å². The number of halogens is 1. The molecule has 0 spiro atoms. The van der Waals surface area contributed by atoms with Crippen LogP contribution in [0.5, 0.6) is 0 Å². The van der Waals surface area contributed by atoms with Crippen LogP contribution in [0.25, 0.3) is 22.3 Å². The first-order valence-corrected chi connectivity index (χ1v) is 5.28. The molecule has 0 saturated heterocycles. The molecule has 0 aliphatic carbocycles. The van der Waals surface area contributed by atoms with E-state index in [0.29, 0.717) is 11.0 Å². The maximum Gasteiger partial charge on any atom is 0.163 e. The van der Waals surface area contributed by atoms with Gasteiger partial charge < -0.3 is 4.98 Å². The van der Waals surface area contributed by atoms with Crippen LogP contribution in [-0.4, -0.2) is 15.0 Å². The first-order valence-electron chi connectivity index (χ1n) is 4.90. The van der Waals surface area contributed by atoms with Gasteiger partial charge in [-0.1, -0.05) is 23.7 Å². The summed E-state index contributed by atoms with van der Waals surface area (Å²) >= 11 is 6.12. The summed E-state index contributed by atoms with van der Waals surface area (Å²) in [5, 5.41) is 1.37. The molecule has 4 heteroatoms. The number of hydrogen-bond donors (Lipinski definition) is 1.